The molecule has 1 aliphatic rings. The molecule has 20 heavy (non-hydrogen) atoms. The van der Waals surface area contributed by atoms with Crippen LogP contribution in [0.3, 0.4) is 0 Å². The maximum Gasteiger partial charge on any atom is 0.296 e. The average molecular weight is 332 g/mol. The number of aromatic nitrogens is 3. The monoisotopic (exact) mass is 331 g/mol. The zero-order chi connectivity index (χ0) is 14.3. The van der Waals surface area contributed by atoms with Crippen LogP contribution in [0.5, 0.6) is 0 Å². The molecule has 5 nitrogen and oxygen atoms in total. The summed E-state index contributed by atoms with van der Waals surface area (Å²) in [4.78, 5) is 0. The molecule has 0 aliphatic heterocycles. The van der Waals surface area contributed by atoms with Gasteiger partial charge in [0.1, 0.15) is 5.82 Å². The van der Waals surface area contributed by atoms with Crippen molar-refractivity contribution in [1.82, 2.24) is 14.8 Å². The molecule has 2 aromatic rings. The first-order chi connectivity index (χ1) is 9.45. The van der Waals surface area contributed by atoms with Crippen LogP contribution >= 0.6 is 22.3 Å². The van der Waals surface area contributed by atoms with Gasteiger partial charge in [-0.3, -0.25) is 4.57 Å². The van der Waals surface area contributed by atoms with Crippen LogP contribution in [0, 0.1) is 0 Å². The van der Waals surface area contributed by atoms with Crippen LogP contribution in [0.1, 0.15) is 30.3 Å². The molecular formula is C12H11Cl2N3O2S. The van der Waals surface area contributed by atoms with Gasteiger partial charge in [0, 0.05) is 28.2 Å². The minimum absolute atomic E-state index is 0.135. The topological polar surface area (TPSA) is 64.8 Å². The van der Waals surface area contributed by atoms with Gasteiger partial charge < -0.3 is 0 Å². The van der Waals surface area contributed by atoms with Crippen molar-refractivity contribution >= 4 is 31.3 Å². The number of hydrogen-bond acceptors (Lipinski definition) is 4. The van der Waals surface area contributed by atoms with Crippen LogP contribution in [0.2, 0.25) is 5.02 Å². The third kappa shape index (κ3) is 2.82. The largest absolute Gasteiger partial charge is 0.297 e. The van der Waals surface area contributed by atoms with Crippen molar-refractivity contribution in [3.63, 3.8) is 0 Å². The molecule has 1 aromatic carbocycles. The molecule has 8 heteroatoms. The van der Waals surface area contributed by atoms with E-state index in [1.807, 2.05) is 12.1 Å². The van der Waals surface area contributed by atoms with Crippen LogP contribution in [0.25, 0.3) is 0 Å². The molecule has 0 N–H and O–H groups in total. The van der Waals surface area contributed by atoms with Gasteiger partial charge in [0.2, 0.25) is 0 Å². The lowest BCUT2D eigenvalue weighted by Gasteiger charge is -2.07. The molecule has 0 radical (unpaired) electrons. The van der Waals surface area contributed by atoms with Crippen molar-refractivity contribution in [1.29, 1.82) is 0 Å². The van der Waals surface area contributed by atoms with E-state index < -0.39 is 9.05 Å². The Hall–Kier alpha value is -1.11. The van der Waals surface area contributed by atoms with Gasteiger partial charge in [-0.25, -0.2) is 8.42 Å². The lowest BCUT2D eigenvalue weighted by molar-refractivity contribution is 0.571. The van der Waals surface area contributed by atoms with Crippen molar-refractivity contribution in [2.24, 2.45) is 0 Å². The molecule has 1 saturated carbocycles. The van der Waals surface area contributed by atoms with Crippen LogP contribution in [-0.2, 0) is 15.5 Å². The van der Waals surface area contributed by atoms with E-state index in [9.17, 15) is 8.42 Å². The molecule has 1 fully saturated rings. The number of nitrogens with zero attached hydrogens (tertiary/aromatic N) is 3. The summed E-state index contributed by atoms with van der Waals surface area (Å²) in [6, 6.07) is 7.46. The van der Waals surface area contributed by atoms with Gasteiger partial charge in [0.15, 0.2) is 0 Å². The SMILES string of the molecule is O=S(=O)(Cl)c1nnc(Cc2ccc(Cl)cc2)n1C1CC1. The van der Waals surface area contributed by atoms with Crippen LogP contribution < -0.4 is 0 Å². The molecule has 0 saturated heterocycles. The summed E-state index contributed by atoms with van der Waals surface area (Å²) in [5.74, 6) is 0.606. The lowest BCUT2D eigenvalue weighted by Crippen LogP contribution is -2.08. The van der Waals surface area contributed by atoms with E-state index in [0.717, 1.165) is 18.4 Å². The predicted octanol–water partition coefficient (Wildman–Crippen LogP) is 2.78. The Labute approximate surface area is 126 Å². The Bertz CT molecular complexity index is 737. The highest BCUT2D eigenvalue weighted by Crippen LogP contribution is 2.38. The quantitative estimate of drug-likeness (QED) is 0.808. The van der Waals surface area contributed by atoms with Crippen LogP contribution in [0.15, 0.2) is 29.4 Å². The summed E-state index contributed by atoms with van der Waals surface area (Å²) in [7, 11) is 1.53. The fraction of sp³-hybridized carbons (Fsp3) is 0.333. The van der Waals surface area contributed by atoms with Gasteiger partial charge in [-0.1, -0.05) is 23.7 Å². The van der Waals surface area contributed by atoms with E-state index in [2.05, 4.69) is 10.2 Å². The summed E-state index contributed by atoms with van der Waals surface area (Å²) < 4.78 is 24.7. The lowest BCUT2D eigenvalue weighted by atomic mass is 10.1. The summed E-state index contributed by atoms with van der Waals surface area (Å²) >= 11 is 5.84. The first kappa shape index (κ1) is 13.9. The second-order valence-electron chi connectivity index (χ2n) is 4.74. The van der Waals surface area contributed by atoms with Crippen LogP contribution in [-0.4, -0.2) is 23.2 Å². The summed E-state index contributed by atoms with van der Waals surface area (Å²) in [5, 5.41) is 8.20. The van der Waals surface area contributed by atoms with E-state index in [0.29, 0.717) is 17.3 Å². The van der Waals surface area contributed by atoms with Crippen molar-refractivity contribution in [3.05, 3.63) is 40.7 Å². The molecule has 0 amide bonds. The summed E-state index contributed by atoms with van der Waals surface area (Å²) in [6.45, 7) is 0. The highest BCUT2D eigenvalue weighted by Gasteiger charge is 2.33. The second kappa shape index (κ2) is 5.02. The zero-order valence-electron chi connectivity index (χ0n) is 10.3. The Morgan fingerprint density at radius 1 is 1.20 bits per heavy atom. The van der Waals surface area contributed by atoms with E-state index in [1.54, 1.807) is 16.7 Å². The molecule has 0 unspecified atom stereocenters. The van der Waals surface area contributed by atoms with Crippen molar-refractivity contribution in [2.75, 3.05) is 0 Å². The number of benzene rings is 1. The highest BCUT2D eigenvalue weighted by atomic mass is 35.7. The third-order valence-corrected chi connectivity index (χ3v) is 4.52. The van der Waals surface area contributed by atoms with E-state index in [1.165, 1.54) is 0 Å². The Balaban J connectivity index is 1.98. The van der Waals surface area contributed by atoms with Crippen molar-refractivity contribution in [2.45, 2.75) is 30.5 Å². The summed E-state index contributed by atoms with van der Waals surface area (Å²) in [5.41, 5.74) is 0.988. The van der Waals surface area contributed by atoms with Crippen molar-refractivity contribution in [3.8, 4) is 0 Å². The maximum absolute atomic E-state index is 11.5. The minimum atomic E-state index is -3.88. The van der Waals surface area contributed by atoms with Gasteiger partial charge in [0.25, 0.3) is 14.2 Å². The first-order valence-electron chi connectivity index (χ1n) is 6.08. The normalized spacial score (nSPS) is 15.5. The number of hydrogen-bond donors (Lipinski definition) is 0. The fourth-order valence-electron chi connectivity index (χ4n) is 2.08. The Morgan fingerprint density at radius 2 is 1.85 bits per heavy atom. The Morgan fingerprint density at radius 3 is 2.40 bits per heavy atom. The van der Waals surface area contributed by atoms with E-state index >= 15 is 0 Å². The molecule has 1 aliphatic carbocycles. The number of halogens is 2. The van der Waals surface area contributed by atoms with Gasteiger partial charge in [0.05, 0.1) is 0 Å². The molecule has 1 heterocycles. The summed E-state index contributed by atoms with van der Waals surface area (Å²) in [6.07, 6.45) is 2.34. The third-order valence-electron chi connectivity index (χ3n) is 3.14. The second-order valence-corrected chi connectivity index (χ2v) is 7.64. The standard InChI is InChI=1S/C12H11Cl2N3O2S/c13-9-3-1-8(2-4-9)7-11-15-16-12(20(14,18)19)17(11)10-5-6-10/h1-4,10H,5-7H2. The molecule has 0 bridgehead atoms. The molecule has 3 rings (SSSR count). The smallest absolute Gasteiger partial charge is 0.296 e. The maximum atomic E-state index is 11.5. The molecule has 0 atom stereocenters. The van der Waals surface area contributed by atoms with Gasteiger partial charge >= 0.3 is 0 Å². The fourth-order valence-corrected chi connectivity index (χ4v) is 3.15. The minimum Gasteiger partial charge on any atom is -0.297 e. The Kier molecular flexibility index (Phi) is 3.48. The molecule has 1 aromatic heterocycles. The predicted molar refractivity (Wildman–Crippen MR) is 75.6 cm³/mol. The molecular weight excluding hydrogens is 321 g/mol. The molecule has 0 spiro atoms. The van der Waals surface area contributed by atoms with Gasteiger partial charge in [-0.2, -0.15) is 0 Å². The van der Waals surface area contributed by atoms with Crippen molar-refractivity contribution < 1.29 is 8.42 Å². The molecule has 106 valence electrons. The number of rotatable bonds is 4. The van der Waals surface area contributed by atoms with E-state index in [-0.39, 0.29) is 11.2 Å². The van der Waals surface area contributed by atoms with Crippen LogP contribution in [0.4, 0.5) is 0 Å². The van der Waals surface area contributed by atoms with Gasteiger partial charge in [-0.05, 0) is 30.5 Å². The van der Waals surface area contributed by atoms with Gasteiger partial charge in [-0.15, -0.1) is 10.2 Å². The average Bonchev–Trinajstić information content (AvgIpc) is 3.12. The first-order valence-corrected chi connectivity index (χ1v) is 8.77. The van der Waals surface area contributed by atoms with E-state index in [4.69, 9.17) is 22.3 Å². The highest BCUT2D eigenvalue weighted by molar-refractivity contribution is 8.13. The zero-order valence-corrected chi connectivity index (χ0v) is 12.7.